The minimum absolute atomic E-state index is 0.0578. The van der Waals surface area contributed by atoms with Crippen molar-refractivity contribution in [1.29, 1.82) is 0 Å². The fraction of sp³-hybridized carbons (Fsp3) is 1.00. The van der Waals surface area contributed by atoms with Crippen LogP contribution in [-0.2, 0) is 4.84 Å². The van der Waals surface area contributed by atoms with E-state index in [4.69, 9.17) is 10.7 Å². The topological polar surface area (TPSA) is 35.2 Å². The van der Waals surface area contributed by atoms with Gasteiger partial charge in [-0.3, -0.25) is 4.84 Å². The van der Waals surface area contributed by atoms with Crippen molar-refractivity contribution in [3.8, 4) is 0 Å². The summed E-state index contributed by atoms with van der Waals surface area (Å²) in [6.45, 7) is 6.64. The first-order valence-electron chi connectivity index (χ1n) is 10.1. The summed E-state index contributed by atoms with van der Waals surface area (Å²) in [5.41, 5.74) is -0.0578. The summed E-state index contributed by atoms with van der Waals surface area (Å²) in [7, 11) is 0. The quantitative estimate of drug-likeness (QED) is 0.234. The van der Waals surface area contributed by atoms with Gasteiger partial charge in [0.15, 0.2) is 0 Å². The van der Waals surface area contributed by atoms with E-state index in [1.165, 1.54) is 83.5 Å². The molecule has 0 amide bonds. The average Bonchev–Trinajstić information content (AvgIpc) is 2.56. The summed E-state index contributed by atoms with van der Waals surface area (Å²) in [6, 6.07) is 0. The Kier molecular flexibility index (Phi) is 15.7. The molecule has 22 heavy (non-hydrogen) atoms. The van der Waals surface area contributed by atoms with Crippen molar-refractivity contribution in [2.24, 2.45) is 5.90 Å². The SMILES string of the molecule is CCCCCCCCCCCCCCCC(CC)(CC)ON. The molecule has 0 radical (unpaired) electrons. The zero-order valence-electron chi connectivity index (χ0n) is 15.8. The Balaban J connectivity index is 3.27. The summed E-state index contributed by atoms with van der Waals surface area (Å²) < 4.78 is 0. The van der Waals surface area contributed by atoms with E-state index >= 15 is 0 Å². The van der Waals surface area contributed by atoms with Gasteiger partial charge in [0.2, 0.25) is 0 Å². The average molecular weight is 314 g/mol. The Bertz CT molecular complexity index is 205. The lowest BCUT2D eigenvalue weighted by atomic mass is 9.90. The molecule has 0 atom stereocenters. The van der Waals surface area contributed by atoms with Crippen LogP contribution in [0.25, 0.3) is 0 Å². The molecule has 0 spiro atoms. The summed E-state index contributed by atoms with van der Waals surface area (Å²) in [4.78, 5) is 5.24. The second kappa shape index (κ2) is 15.8. The van der Waals surface area contributed by atoms with Gasteiger partial charge in [0.05, 0.1) is 5.60 Å². The normalized spacial score (nSPS) is 12.0. The fourth-order valence-corrected chi connectivity index (χ4v) is 3.29. The van der Waals surface area contributed by atoms with Gasteiger partial charge in [-0.1, -0.05) is 104 Å². The van der Waals surface area contributed by atoms with Crippen LogP contribution in [0.2, 0.25) is 0 Å². The van der Waals surface area contributed by atoms with Gasteiger partial charge in [-0.15, -0.1) is 0 Å². The van der Waals surface area contributed by atoms with Gasteiger partial charge in [0.25, 0.3) is 0 Å². The van der Waals surface area contributed by atoms with Crippen molar-refractivity contribution in [1.82, 2.24) is 0 Å². The highest BCUT2D eigenvalue weighted by molar-refractivity contribution is 4.76. The molecule has 0 heterocycles. The number of unbranched alkanes of at least 4 members (excludes halogenated alkanes) is 12. The largest absolute Gasteiger partial charge is 0.298 e. The van der Waals surface area contributed by atoms with Crippen LogP contribution in [-0.4, -0.2) is 5.60 Å². The molecule has 0 aromatic heterocycles. The zero-order chi connectivity index (χ0) is 16.5. The highest BCUT2D eigenvalue weighted by Gasteiger charge is 2.25. The molecule has 0 unspecified atom stereocenters. The van der Waals surface area contributed by atoms with Crippen molar-refractivity contribution in [2.45, 2.75) is 129 Å². The molecule has 0 aliphatic rings. The van der Waals surface area contributed by atoms with E-state index in [0.717, 1.165) is 19.3 Å². The Morgan fingerprint density at radius 3 is 1.27 bits per heavy atom. The molecule has 0 aliphatic carbocycles. The minimum Gasteiger partial charge on any atom is -0.298 e. The van der Waals surface area contributed by atoms with Crippen LogP contribution in [0.5, 0.6) is 0 Å². The van der Waals surface area contributed by atoms with Crippen molar-refractivity contribution >= 4 is 0 Å². The van der Waals surface area contributed by atoms with Crippen LogP contribution in [0.4, 0.5) is 0 Å². The number of nitrogens with two attached hydrogens (primary N) is 1. The van der Waals surface area contributed by atoms with E-state index in [0.29, 0.717) is 0 Å². The van der Waals surface area contributed by atoms with Crippen molar-refractivity contribution in [2.75, 3.05) is 0 Å². The number of hydrogen-bond acceptors (Lipinski definition) is 2. The Morgan fingerprint density at radius 1 is 0.591 bits per heavy atom. The van der Waals surface area contributed by atoms with Crippen molar-refractivity contribution < 1.29 is 4.84 Å². The molecule has 134 valence electrons. The Morgan fingerprint density at radius 2 is 0.955 bits per heavy atom. The molecule has 0 rings (SSSR count). The minimum atomic E-state index is -0.0578. The fourth-order valence-electron chi connectivity index (χ4n) is 3.29. The Labute approximate surface area is 140 Å². The molecule has 0 aliphatic heterocycles. The van der Waals surface area contributed by atoms with E-state index in [9.17, 15) is 0 Å². The van der Waals surface area contributed by atoms with E-state index in [2.05, 4.69) is 20.8 Å². The van der Waals surface area contributed by atoms with Crippen LogP contribution in [0.15, 0.2) is 0 Å². The van der Waals surface area contributed by atoms with Gasteiger partial charge in [0, 0.05) is 0 Å². The van der Waals surface area contributed by atoms with Gasteiger partial charge in [-0.25, -0.2) is 5.90 Å². The second-order valence-electron chi connectivity index (χ2n) is 7.00. The molecular weight excluding hydrogens is 270 g/mol. The van der Waals surface area contributed by atoms with E-state index < -0.39 is 0 Å². The third kappa shape index (κ3) is 11.5. The molecule has 0 aromatic rings. The molecule has 0 bridgehead atoms. The third-order valence-electron chi connectivity index (χ3n) is 5.27. The monoisotopic (exact) mass is 313 g/mol. The summed E-state index contributed by atoms with van der Waals surface area (Å²) >= 11 is 0. The first-order valence-corrected chi connectivity index (χ1v) is 10.1. The highest BCUT2D eigenvalue weighted by Crippen LogP contribution is 2.26. The number of rotatable bonds is 17. The lowest BCUT2D eigenvalue weighted by Gasteiger charge is -2.29. The first-order chi connectivity index (χ1) is 10.7. The Hall–Kier alpha value is -0.0800. The van der Waals surface area contributed by atoms with Crippen LogP contribution in [0.3, 0.4) is 0 Å². The molecule has 0 aromatic carbocycles. The highest BCUT2D eigenvalue weighted by atomic mass is 16.6. The molecule has 2 heteroatoms. The summed E-state index contributed by atoms with van der Waals surface area (Å²) in [6.07, 6.45) is 21.4. The summed E-state index contributed by atoms with van der Waals surface area (Å²) in [5, 5.41) is 0. The van der Waals surface area contributed by atoms with E-state index in [1.807, 2.05) is 0 Å². The van der Waals surface area contributed by atoms with Crippen molar-refractivity contribution in [3.05, 3.63) is 0 Å². The van der Waals surface area contributed by atoms with Gasteiger partial charge >= 0.3 is 0 Å². The first kappa shape index (κ1) is 21.9. The smallest absolute Gasteiger partial charge is 0.0888 e. The predicted molar refractivity (Wildman–Crippen MR) is 98.9 cm³/mol. The maximum absolute atomic E-state index is 5.48. The van der Waals surface area contributed by atoms with Gasteiger partial charge in [0.1, 0.15) is 0 Å². The zero-order valence-corrected chi connectivity index (χ0v) is 15.8. The van der Waals surface area contributed by atoms with Crippen LogP contribution in [0.1, 0.15) is 124 Å². The maximum Gasteiger partial charge on any atom is 0.0888 e. The second-order valence-corrected chi connectivity index (χ2v) is 7.00. The summed E-state index contributed by atoms with van der Waals surface area (Å²) in [5.74, 6) is 5.48. The third-order valence-corrected chi connectivity index (χ3v) is 5.27. The van der Waals surface area contributed by atoms with Gasteiger partial charge in [-0.05, 0) is 19.3 Å². The molecule has 2 nitrogen and oxygen atoms in total. The lowest BCUT2D eigenvalue weighted by Crippen LogP contribution is -2.34. The van der Waals surface area contributed by atoms with Gasteiger partial charge < -0.3 is 0 Å². The van der Waals surface area contributed by atoms with E-state index in [1.54, 1.807) is 0 Å². The molecule has 2 N–H and O–H groups in total. The predicted octanol–water partition coefficient (Wildman–Crippen LogP) is 6.92. The molecule has 0 fully saturated rings. The van der Waals surface area contributed by atoms with Gasteiger partial charge in [-0.2, -0.15) is 0 Å². The van der Waals surface area contributed by atoms with Crippen LogP contribution >= 0.6 is 0 Å². The van der Waals surface area contributed by atoms with Crippen LogP contribution < -0.4 is 5.90 Å². The van der Waals surface area contributed by atoms with E-state index in [-0.39, 0.29) is 5.60 Å². The van der Waals surface area contributed by atoms with Crippen LogP contribution in [0, 0.1) is 0 Å². The number of hydrogen-bond donors (Lipinski definition) is 1. The maximum atomic E-state index is 5.48. The molecule has 0 saturated heterocycles. The van der Waals surface area contributed by atoms with Crippen molar-refractivity contribution in [3.63, 3.8) is 0 Å². The molecule has 0 saturated carbocycles. The molecular formula is C20H43NO. The lowest BCUT2D eigenvalue weighted by molar-refractivity contribution is -0.0613. The standard InChI is InChI=1S/C20H43NO/c1-4-7-8-9-10-11-12-13-14-15-16-17-18-19-20(5-2,6-3)22-21/h4-19,21H2,1-3H3.